The molecule has 4 rings (SSSR count). The summed E-state index contributed by atoms with van der Waals surface area (Å²) in [5, 5.41) is -0.0993. The van der Waals surface area contributed by atoms with Crippen molar-refractivity contribution in [3.63, 3.8) is 0 Å². The lowest BCUT2D eigenvalue weighted by Gasteiger charge is -2.37. The molecule has 5 heteroatoms. The molecule has 0 bridgehead atoms. The molecule has 0 unspecified atom stereocenters. The Balaban J connectivity index is 1.35. The Hall–Kier alpha value is -1.91. The summed E-state index contributed by atoms with van der Waals surface area (Å²) in [6.07, 6.45) is 13.0. The molecule has 0 amide bonds. The van der Waals surface area contributed by atoms with Crippen LogP contribution in [-0.4, -0.2) is 13.2 Å². The quantitative estimate of drug-likeness (QED) is 0.337. The maximum Gasteiger partial charge on any atom is 0.201 e. The minimum atomic E-state index is -1.21. The summed E-state index contributed by atoms with van der Waals surface area (Å²) in [6, 6.07) is 4.45. The van der Waals surface area contributed by atoms with Crippen LogP contribution in [0.3, 0.4) is 0 Å². The van der Waals surface area contributed by atoms with Crippen molar-refractivity contribution in [3.8, 4) is 11.5 Å². The molecule has 0 N–H and O–H groups in total. The van der Waals surface area contributed by atoms with E-state index in [4.69, 9.17) is 9.47 Å². The van der Waals surface area contributed by atoms with Gasteiger partial charge in [0.15, 0.2) is 23.1 Å². The second-order valence-corrected chi connectivity index (χ2v) is 10.5. The van der Waals surface area contributed by atoms with Crippen molar-refractivity contribution >= 4 is 10.8 Å². The van der Waals surface area contributed by atoms with Crippen molar-refractivity contribution in [2.24, 2.45) is 23.7 Å². The van der Waals surface area contributed by atoms with Gasteiger partial charge in [0, 0.05) is 0 Å². The molecule has 0 atom stereocenters. The van der Waals surface area contributed by atoms with Gasteiger partial charge in [0.1, 0.15) is 0 Å². The Kier molecular flexibility index (Phi) is 8.65. The molecular formula is C29H39F3O2. The smallest absolute Gasteiger partial charge is 0.201 e. The van der Waals surface area contributed by atoms with Crippen LogP contribution in [-0.2, 0) is 0 Å². The number of unbranched alkanes of at least 4 members (excludes halogenated alkanes) is 1. The zero-order chi connectivity index (χ0) is 24.1. The Labute approximate surface area is 202 Å². The number of rotatable bonds is 9. The highest BCUT2D eigenvalue weighted by atomic mass is 19.2. The molecule has 2 nitrogen and oxygen atoms in total. The number of ether oxygens (including phenoxy) is 2. The van der Waals surface area contributed by atoms with Crippen molar-refractivity contribution in [1.29, 1.82) is 0 Å². The summed E-state index contributed by atoms with van der Waals surface area (Å²) in [5.41, 5.74) is 0. The second-order valence-electron chi connectivity index (χ2n) is 10.5. The van der Waals surface area contributed by atoms with Crippen LogP contribution in [0.25, 0.3) is 10.8 Å². The third kappa shape index (κ3) is 5.66. The van der Waals surface area contributed by atoms with Gasteiger partial charge in [-0.2, -0.15) is 4.39 Å². The van der Waals surface area contributed by atoms with Crippen molar-refractivity contribution in [2.75, 3.05) is 13.2 Å². The second kappa shape index (κ2) is 11.7. The summed E-state index contributed by atoms with van der Waals surface area (Å²) < 4.78 is 55.5. The van der Waals surface area contributed by atoms with Gasteiger partial charge in [0.2, 0.25) is 5.82 Å². The fourth-order valence-electron chi connectivity index (χ4n) is 5.98. The first-order chi connectivity index (χ1) is 16.5. The van der Waals surface area contributed by atoms with Gasteiger partial charge in [-0.3, -0.25) is 0 Å². The lowest BCUT2D eigenvalue weighted by molar-refractivity contribution is 0.121. The zero-order valence-electron chi connectivity index (χ0n) is 20.7. The molecule has 2 fully saturated rings. The van der Waals surface area contributed by atoms with Gasteiger partial charge in [-0.25, -0.2) is 8.78 Å². The van der Waals surface area contributed by atoms with Gasteiger partial charge in [-0.05, 0) is 86.1 Å². The van der Waals surface area contributed by atoms with E-state index in [0.29, 0.717) is 19.1 Å². The summed E-state index contributed by atoms with van der Waals surface area (Å²) in [4.78, 5) is 0. The Morgan fingerprint density at radius 2 is 1.38 bits per heavy atom. The van der Waals surface area contributed by atoms with Crippen LogP contribution in [0.2, 0.25) is 0 Å². The van der Waals surface area contributed by atoms with Crippen LogP contribution in [0.15, 0.2) is 18.2 Å². The van der Waals surface area contributed by atoms with E-state index in [1.165, 1.54) is 57.1 Å². The maximum absolute atomic E-state index is 14.8. The topological polar surface area (TPSA) is 18.5 Å². The molecule has 2 saturated carbocycles. The first-order valence-corrected chi connectivity index (χ1v) is 13.4. The lowest BCUT2D eigenvalue weighted by Crippen LogP contribution is -2.27. The fourth-order valence-corrected chi connectivity index (χ4v) is 5.98. The van der Waals surface area contributed by atoms with E-state index < -0.39 is 17.5 Å². The standard InChI is InChI=1S/C29H39F3O2/c1-3-5-16-33-24-15-14-23-17-25(28(31)29(32)26(23)27(24)30)34-18-20-8-12-22(13-9-20)21-10-6-19(4-2)7-11-21/h14-15,17,19-22H,3-13,16,18H2,1-2H3. The maximum atomic E-state index is 14.8. The van der Waals surface area contributed by atoms with E-state index in [-0.39, 0.29) is 22.3 Å². The van der Waals surface area contributed by atoms with Gasteiger partial charge in [0.05, 0.1) is 18.6 Å². The Bertz CT molecular complexity index is 944. The van der Waals surface area contributed by atoms with Gasteiger partial charge in [-0.1, -0.05) is 45.6 Å². The predicted octanol–water partition coefficient (Wildman–Crippen LogP) is 8.84. The largest absolute Gasteiger partial charge is 0.490 e. The van der Waals surface area contributed by atoms with Gasteiger partial charge in [-0.15, -0.1) is 0 Å². The first kappa shape index (κ1) is 25.2. The van der Waals surface area contributed by atoms with Gasteiger partial charge in [0.25, 0.3) is 0 Å². The molecule has 0 spiro atoms. The molecule has 0 aromatic heterocycles. The molecule has 188 valence electrons. The fraction of sp³-hybridized carbons (Fsp3) is 0.655. The molecule has 2 aliphatic rings. The molecule has 2 aliphatic carbocycles. The van der Waals surface area contributed by atoms with Crippen LogP contribution in [0.5, 0.6) is 11.5 Å². The summed E-state index contributed by atoms with van der Waals surface area (Å²) in [6.45, 7) is 5.02. The monoisotopic (exact) mass is 476 g/mol. The molecule has 0 saturated heterocycles. The van der Waals surface area contributed by atoms with E-state index in [1.807, 2.05) is 6.92 Å². The minimum absolute atomic E-state index is 0.0483. The number of hydrogen-bond donors (Lipinski definition) is 0. The van der Waals surface area contributed by atoms with Crippen LogP contribution in [0, 0.1) is 41.1 Å². The minimum Gasteiger partial charge on any atom is -0.490 e. The highest BCUT2D eigenvalue weighted by molar-refractivity contribution is 5.86. The van der Waals surface area contributed by atoms with E-state index in [2.05, 4.69) is 6.92 Å². The molecule has 2 aromatic rings. The van der Waals surface area contributed by atoms with Crippen LogP contribution < -0.4 is 9.47 Å². The summed E-state index contributed by atoms with van der Waals surface area (Å²) in [5.74, 6) is -0.432. The van der Waals surface area contributed by atoms with Crippen LogP contribution in [0.1, 0.15) is 84.5 Å². The third-order valence-electron chi connectivity index (χ3n) is 8.31. The number of hydrogen-bond acceptors (Lipinski definition) is 2. The molecule has 2 aromatic carbocycles. The first-order valence-electron chi connectivity index (χ1n) is 13.4. The molecule has 34 heavy (non-hydrogen) atoms. The molecular weight excluding hydrogens is 437 g/mol. The number of halogens is 3. The third-order valence-corrected chi connectivity index (χ3v) is 8.31. The van der Waals surface area contributed by atoms with Crippen molar-refractivity contribution < 1.29 is 22.6 Å². The molecule has 0 radical (unpaired) electrons. The van der Waals surface area contributed by atoms with Crippen LogP contribution in [0.4, 0.5) is 13.2 Å². The normalized spacial score (nSPS) is 25.4. The summed E-state index contributed by atoms with van der Waals surface area (Å²) >= 11 is 0. The van der Waals surface area contributed by atoms with Gasteiger partial charge >= 0.3 is 0 Å². The number of fused-ring (bicyclic) bond motifs is 1. The summed E-state index contributed by atoms with van der Waals surface area (Å²) in [7, 11) is 0. The van der Waals surface area contributed by atoms with Crippen molar-refractivity contribution in [3.05, 3.63) is 35.7 Å². The van der Waals surface area contributed by atoms with Gasteiger partial charge < -0.3 is 9.47 Å². The van der Waals surface area contributed by atoms with E-state index in [9.17, 15) is 13.2 Å². The SMILES string of the molecule is CCCCOc1ccc2cc(OCC3CCC(C4CCC(CC)CC4)CC3)c(F)c(F)c2c1F. The molecule has 0 aliphatic heterocycles. The predicted molar refractivity (Wildman–Crippen MR) is 131 cm³/mol. The van der Waals surface area contributed by atoms with Crippen molar-refractivity contribution in [1.82, 2.24) is 0 Å². The Morgan fingerprint density at radius 3 is 2.00 bits per heavy atom. The lowest BCUT2D eigenvalue weighted by atomic mass is 9.69. The van der Waals surface area contributed by atoms with E-state index in [1.54, 1.807) is 6.07 Å². The highest BCUT2D eigenvalue weighted by Gasteiger charge is 2.31. The molecule has 0 heterocycles. The van der Waals surface area contributed by atoms with Crippen molar-refractivity contribution in [2.45, 2.75) is 84.5 Å². The van der Waals surface area contributed by atoms with E-state index in [0.717, 1.165) is 43.4 Å². The zero-order valence-corrected chi connectivity index (χ0v) is 20.7. The Morgan fingerprint density at radius 1 is 0.735 bits per heavy atom. The van der Waals surface area contributed by atoms with Crippen LogP contribution >= 0.6 is 0 Å². The average molecular weight is 477 g/mol. The number of benzene rings is 2. The van der Waals surface area contributed by atoms with E-state index >= 15 is 0 Å². The average Bonchev–Trinajstić information content (AvgIpc) is 2.87. The highest BCUT2D eigenvalue weighted by Crippen LogP contribution is 2.42.